The fourth-order valence-corrected chi connectivity index (χ4v) is 2.76. The first-order valence-electron chi connectivity index (χ1n) is 6.58. The number of carbonyl (C=O) groups is 1. The number of hydrogen-bond donors (Lipinski definition) is 1. The van der Waals surface area contributed by atoms with Crippen LogP contribution < -0.4 is 0 Å². The van der Waals surface area contributed by atoms with Crippen LogP contribution >= 0.6 is 0 Å². The Morgan fingerprint density at radius 3 is 2.59 bits per heavy atom. The second-order valence-electron chi connectivity index (χ2n) is 5.84. The number of amides is 1. The third kappa shape index (κ3) is 2.80. The topological polar surface area (TPSA) is 49.8 Å². The first-order valence-corrected chi connectivity index (χ1v) is 6.58. The smallest absolute Gasteiger partial charge is 0.226 e. The molecule has 2 aliphatic heterocycles. The number of carbonyl (C=O) groups excluding carboxylic acids is 1. The summed E-state index contributed by atoms with van der Waals surface area (Å²) in [5.74, 6) is 0.297. The maximum Gasteiger partial charge on any atom is 0.226 e. The summed E-state index contributed by atoms with van der Waals surface area (Å²) in [6, 6.07) is 0. The summed E-state index contributed by atoms with van der Waals surface area (Å²) in [5.41, 5.74) is -0.116. The minimum absolute atomic E-state index is 0.0910. The van der Waals surface area contributed by atoms with Gasteiger partial charge in [0.15, 0.2) is 0 Å². The molecule has 4 heteroatoms. The van der Waals surface area contributed by atoms with E-state index in [1.807, 2.05) is 4.90 Å². The monoisotopic (exact) mass is 241 g/mol. The number of hydrogen-bond acceptors (Lipinski definition) is 3. The van der Waals surface area contributed by atoms with Crippen molar-refractivity contribution in [3.8, 4) is 0 Å². The zero-order valence-corrected chi connectivity index (χ0v) is 10.8. The summed E-state index contributed by atoms with van der Waals surface area (Å²) < 4.78 is 5.29. The Kier molecular flexibility index (Phi) is 3.73. The Labute approximate surface area is 103 Å². The SMILES string of the molecule is CC1(C)CCC(O)CN1C(=O)C1CCOCC1. The number of β-amino-alcohol motifs (C(OH)–C–C–N with tert-alkyl or cyclic N) is 1. The highest BCUT2D eigenvalue weighted by Crippen LogP contribution is 2.30. The summed E-state index contributed by atoms with van der Waals surface area (Å²) in [4.78, 5) is 14.4. The van der Waals surface area contributed by atoms with Crippen molar-refractivity contribution in [3.05, 3.63) is 0 Å². The molecule has 0 spiro atoms. The van der Waals surface area contributed by atoms with Crippen LogP contribution in [-0.4, -0.2) is 47.3 Å². The van der Waals surface area contributed by atoms with Gasteiger partial charge in [0.25, 0.3) is 0 Å². The van der Waals surface area contributed by atoms with Gasteiger partial charge in [-0.1, -0.05) is 0 Å². The molecule has 1 atom stereocenters. The molecule has 98 valence electrons. The van der Waals surface area contributed by atoms with E-state index in [-0.39, 0.29) is 23.5 Å². The predicted octanol–water partition coefficient (Wildman–Crippen LogP) is 1.17. The molecule has 2 saturated heterocycles. The fourth-order valence-electron chi connectivity index (χ4n) is 2.76. The van der Waals surface area contributed by atoms with Gasteiger partial charge in [0.2, 0.25) is 5.91 Å². The van der Waals surface area contributed by atoms with Crippen LogP contribution in [0.3, 0.4) is 0 Å². The average molecular weight is 241 g/mol. The van der Waals surface area contributed by atoms with Gasteiger partial charge in [-0.25, -0.2) is 0 Å². The lowest BCUT2D eigenvalue weighted by molar-refractivity contribution is -0.149. The third-order valence-corrected chi connectivity index (χ3v) is 4.05. The Morgan fingerprint density at radius 1 is 1.29 bits per heavy atom. The van der Waals surface area contributed by atoms with Gasteiger partial charge in [-0.2, -0.15) is 0 Å². The largest absolute Gasteiger partial charge is 0.391 e. The lowest BCUT2D eigenvalue weighted by Gasteiger charge is -2.46. The van der Waals surface area contributed by atoms with Crippen molar-refractivity contribution in [3.63, 3.8) is 0 Å². The molecular weight excluding hydrogens is 218 g/mol. The Morgan fingerprint density at radius 2 is 1.94 bits per heavy atom. The van der Waals surface area contributed by atoms with Crippen molar-refractivity contribution in [2.24, 2.45) is 5.92 Å². The van der Waals surface area contributed by atoms with Crippen molar-refractivity contribution in [1.82, 2.24) is 4.90 Å². The van der Waals surface area contributed by atoms with Gasteiger partial charge in [-0.15, -0.1) is 0 Å². The number of nitrogens with zero attached hydrogens (tertiary/aromatic N) is 1. The summed E-state index contributed by atoms with van der Waals surface area (Å²) in [7, 11) is 0. The third-order valence-electron chi connectivity index (χ3n) is 4.05. The van der Waals surface area contributed by atoms with Crippen molar-refractivity contribution >= 4 is 5.91 Å². The van der Waals surface area contributed by atoms with Crippen LogP contribution in [0.2, 0.25) is 0 Å². The van der Waals surface area contributed by atoms with Crippen LogP contribution in [0.25, 0.3) is 0 Å². The molecule has 0 radical (unpaired) electrons. The van der Waals surface area contributed by atoms with Crippen molar-refractivity contribution < 1.29 is 14.6 Å². The van der Waals surface area contributed by atoms with E-state index in [4.69, 9.17) is 4.74 Å². The molecule has 1 amide bonds. The quantitative estimate of drug-likeness (QED) is 0.750. The summed E-state index contributed by atoms with van der Waals surface area (Å²) in [6.07, 6.45) is 2.96. The Balaban J connectivity index is 2.05. The summed E-state index contributed by atoms with van der Waals surface area (Å²) in [6.45, 7) is 6.05. The van der Waals surface area contributed by atoms with E-state index in [2.05, 4.69) is 13.8 Å². The second kappa shape index (κ2) is 4.94. The van der Waals surface area contributed by atoms with E-state index in [1.54, 1.807) is 0 Å². The molecule has 0 aliphatic carbocycles. The summed E-state index contributed by atoms with van der Waals surface area (Å²) >= 11 is 0. The second-order valence-corrected chi connectivity index (χ2v) is 5.84. The highest BCUT2D eigenvalue weighted by Gasteiger charge is 2.39. The first kappa shape index (κ1) is 12.8. The molecular formula is C13H23NO3. The standard InChI is InChI=1S/C13H23NO3/c1-13(2)6-3-11(15)9-14(13)12(16)10-4-7-17-8-5-10/h10-11,15H,3-9H2,1-2H3. The van der Waals surface area contributed by atoms with Gasteiger partial charge in [-0.05, 0) is 39.5 Å². The molecule has 2 rings (SSSR count). The van der Waals surface area contributed by atoms with Crippen molar-refractivity contribution in [2.75, 3.05) is 19.8 Å². The Hall–Kier alpha value is -0.610. The molecule has 4 nitrogen and oxygen atoms in total. The van der Waals surface area contributed by atoms with E-state index >= 15 is 0 Å². The van der Waals surface area contributed by atoms with Crippen molar-refractivity contribution in [2.45, 2.75) is 51.2 Å². The van der Waals surface area contributed by atoms with Gasteiger partial charge in [0, 0.05) is 31.2 Å². The number of ether oxygens (including phenoxy) is 1. The molecule has 2 heterocycles. The van der Waals surface area contributed by atoms with Crippen molar-refractivity contribution in [1.29, 1.82) is 0 Å². The van der Waals surface area contributed by atoms with Gasteiger partial charge >= 0.3 is 0 Å². The normalized spacial score (nSPS) is 30.3. The number of piperidine rings is 1. The van der Waals surface area contributed by atoms with Crippen LogP contribution in [0.15, 0.2) is 0 Å². The first-order chi connectivity index (χ1) is 8.00. The van der Waals surface area contributed by atoms with Crippen LogP contribution in [0.1, 0.15) is 39.5 Å². The number of aliphatic hydroxyl groups is 1. The van der Waals surface area contributed by atoms with Gasteiger partial charge in [0.05, 0.1) is 6.10 Å². The highest BCUT2D eigenvalue weighted by molar-refractivity contribution is 5.79. The van der Waals surface area contributed by atoms with Gasteiger partial charge < -0.3 is 14.7 Å². The minimum atomic E-state index is -0.355. The van der Waals surface area contributed by atoms with E-state index < -0.39 is 0 Å². The highest BCUT2D eigenvalue weighted by atomic mass is 16.5. The number of likely N-dealkylation sites (tertiary alicyclic amines) is 1. The molecule has 2 aliphatic rings. The maximum absolute atomic E-state index is 12.5. The molecule has 0 saturated carbocycles. The molecule has 17 heavy (non-hydrogen) atoms. The van der Waals surface area contributed by atoms with Crippen LogP contribution in [0.4, 0.5) is 0 Å². The lowest BCUT2D eigenvalue weighted by Crippen LogP contribution is -2.56. The van der Waals surface area contributed by atoms with Crippen LogP contribution in [-0.2, 0) is 9.53 Å². The minimum Gasteiger partial charge on any atom is -0.391 e. The molecule has 2 fully saturated rings. The zero-order chi connectivity index (χ0) is 12.5. The number of rotatable bonds is 1. The maximum atomic E-state index is 12.5. The molecule has 1 N–H and O–H groups in total. The van der Waals surface area contributed by atoms with E-state index in [0.29, 0.717) is 19.8 Å². The zero-order valence-electron chi connectivity index (χ0n) is 10.8. The predicted molar refractivity (Wildman–Crippen MR) is 64.6 cm³/mol. The van der Waals surface area contributed by atoms with E-state index in [1.165, 1.54) is 0 Å². The van der Waals surface area contributed by atoms with Crippen LogP contribution in [0.5, 0.6) is 0 Å². The number of aliphatic hydroxyl groups excluding tert-OH is 1. The van der Waals surface area contributed by atoms with Crippen LogP contribution in [0, 0.1) is 5.92 Å². The average Bonchev–Trinajstić information content (AvgIpc) is 2.33. The van der Waals surface area contributed by atoms with Gasteiger partial charge in [-0.3, -0.25) is 4.79 Å². The molecule has 0 aromatic rings. The lowest BCUT2D eigenvalue weighted by atomic mass is 9.86. The summed E-state index contributed by atoms with van der Waals surface area (Å²) in [5, 5.41) is 9.74. The van der Waals surface area contributed by atoms with E-state index in [0.717, 1.165) is 25.7 Å². The fraction of sp³-hybridized carbons (Fsp3) is 0.923. The van der Waals surface area contributed by atoms with Gasteiger partial charge in [0.1, 0.15) is 0 Å². The molecule has 1 unspecified atom stereocenters. The molecule has 0 aromatic heterocycles. The Bertz CT molecular complexity index is 284. The molecule has 0 bridgehead atoms. The van der Waals surface area contributed by atoms with E-state index in [9.17, 15) is 9.90 Å². The molecule has 0 aromatic carbocycles.